The largest absolute Gasteiger partial charge is 0.492 e. The highest BCUT2D eigenvalue weighted by Crippen LogP contribution is 2.17. The molecule has 0 aliphatic carbocycles. The minimum atomic E-state index is -0.122. The lowest BCUT2D eigenvalue weighted by Crippen LogP contribution is -2.32. The Morgan fingerprint density at radius 1 is 1.16 bits per heavy atom. The number of amides is 2. The van der Waals surface area contributed by atoms with E-state index in [2.05, 4.69) is 5.32 Å². The summed E-state index contributed by atoms with van der Waals surface area (Å²) < 4.78 is 5.59. The second-order valence-electron chi connectivity index (χ2n) is 5.68. The summed E-state index contributed by atoms with van der Waals surface area (Å²) in [6, 6.07) is 14.4. The van der Waals surface area contributed by atoms with Crippen LogP contribution in [0.25, 0.3) is 0 Å². The highest BCUT2D eigenvalue weighted by Gasteiger charge is 2.10. The van der Waals surface area contributed by atoms with Gasteiger partial charge in [0.2, 0.25) is 11.8 Å². The zero-order valence-electron chi connectivity index (χ0n) is 14.3. The highest BCUT2D eigenvalue weighted by atomic mass is 35.5. The number of carbonyl (C=O) groups excluding carboxylic acids is 2. The number of ether oxygens (including phenoxy) is 1. The maximum Gasteiger partial charge on any atom is 0.226 e. The molecule has 2 rings (SSSR count). The van der Waals surface area contributed by atoms with Crippen molar-refractivity contribution in [3.05, 3.63) is 59.1 Å². The van der Waals surface area contributed by atoms with E-state index in [9.17, 15) is 9.59 Å². The Bertz CT molecular complexity index is 732. The molecule has 25 heavy (non-hydrogen) atoms. The lowest BCUT2D eigenvalue weighted by Gasteiger charge is -2.17. The Morgan fingerprint density at radius 3 is 2.52 bits per heavy atom. The molecule has 2 aromatic rings. The summed E-state index contributed by atoms with van der Waals surface area (Å²) in [6.45, 7) is 2.33. The SMILES string of the molecule is CC(=O)Nc1ccc(CC(=O)N(C)CCOc2cccc(Cl)c2)cc1. The molecule has 132 valence electrons. The van der Waals surface area contributed by atoms with Gasteiger partial charge in [0, 0.05) is 24.7 Å². The van der Waals surface area contributed by atoms with Gasteiger partial charge in [0.25, 0.3) is 0 Å². The molecule has 1 N–H and O–H groups in total. The van der Waals surface area contributed by atoms with Crippen LogP contribution in [-0.2, 0) is 16.0 Å². The Morgan fingerprint density at radius 2 is 1.88 bits per heavy atom. The number of halogens is 1. The quantitative estimate of drug-likeness (QED) is 0.823. The van der Waals surface area contributed by atoms with Gasteiger partial charge in [-0.05, 0) is 35.9 Å². The van der Waals surface area contributed by atoms with Crippen LogP contribution in [0.5, 0.6) is 5.75 Å². The van der Waals surface area contributed by atoms with Crippen LogP contribution in [0.2, 0.25) is 5.02 Å². The number of carbonyl (C=O) groups is 2. The molecule has 0 radical (unpaired) electrons. The molecule has 6 heteroatoms. The summed E-state index contributed by atoms with van der Waals surface area (Å²) in [5, 5.41) is 3.31. The van der Waals surface area contributed by atoms with Crippen LogP contribution < -0.4 is 10.1 Å². The smallest absolute Gasteiger partial charge is 0.226 e. The Labute approximate surface area is 152 Å². The third-order valence-corrected chi connectivity index (χ3v) is 3.78. The predicted molar refractivity (Wildman–Crippen MR) is 99.0 cm³/mol. The van der Waals surface area contributed by atoms with Crippen LogP contribution in [0.15, 0.2) is 48.5 Å². The lowest BCUT2D eigenvalue weighted by atomic mass is 10.1. The summed E-state index contributed by atoms with van der Waals surface area (Å²) >= 11 is 5.90. The van der Waals surface area contributed by atoms with Crippen LogP contribution in [0, 0.1) is 0 Å². The van der Waals surface area contributed by atoms with Gasteiger partial charge >= 0.3 is 0 Å². The van der Waals surface area contributed by atoms with Gasteiger partial charge in [0.05, 0.1) is 13.0 Å². The molecule has 0 saturated heterocycles. The average molecular weight is 361 g/mol. The number of nitrogens with zero attached hydrogens (tertiary/aromatic N) is 1. The highest BCUT2D eigenvalue weighted by molar-refractivity contribution is 6.30. The van der Waals surface area contributed by atoms with E-state index in [4.69, 9.17) is 16.3 Å². The number of hydrogen-bond acceptors (Lipinski definition) is 3. The van der Waals surface area contributed by atoms with E-state index < -0.39 is 0 Å². The Balaban J connectivity index is 1.78. The first-order valence-corrected chi connectivity index (χ1v) is 8.30. The minimum Gasteiger partial charge on any atom is -0.492 e. The minimum absolute atomic E-state index is 0.00183. The van der Waals surface area contributed by atoms with Crippen molar-refractivity contribution in [2.24, 2.45) is 0 Å². The Kier molecular flexibility index (Phi) is 6.83. The first-order valence-electron chi connectivity index (χ1n) is 7.93. The number of likely N-dealkylation sites (N-methyl/N-ethyl adjacent to an activating group) is 1. The molecule has 0 spiro atoms. The molecule has 0 aliphatic heterocycles. The fourth-order valence-corrected chi connectivity index (χ4v) is 2.38. The molecule has 0 atom stereocenters. The van der Waals surface area contributed by atoms with Crippen LogP contribution in [0.3, 0.4) is 0 Å². The van der Waals surface area contributed by atoms with Crippen LogP contribution in [-0.4, -0.2) is 36.9 Å². The zero-order valence-corrected chi connectivity index (χ0v) is 15.0. The molecule has 5 nitrogen and oxygen atoms in total. The molecule has 0 bridgehead atoms. The second kappa shape index (κ2) is 9.08. The average Bonchev–Trinajstić information content (AvgIpc) is 2.56. The first-order chi connectivity index (χ1) is 11.9. The van der Waals surface area contributed by atoms with Crippen molar-refractivity contribution in [1.82, 2.24) is 4.90 Å². The third-order valence-electron chi connectivity index (χ3n) is 3.55. The lowest BCUT2D eigenvalue weighted by molar-refractivity contribution is -0.129. The molecular formula is C19H21ClN2O3. The summed E-state index contributed by atoms with van der Waals surface area (Å²) in [7, 11) is 1.75. The maximum atomic E-state index is 12.3. The molecule has 0 aromatic heterocycles. The number of benzene rings is 2. The molecule has 2 amide bonds. The van der Waals surface area contributed by atoms with E-state index >= 15 is 0 Å². The monoisotopic (exact) mass is 360 g/mol. The van der Waals surface area contributed by atoms with Crippen molar-refractivity contribution < 1.29 is 14.3 Å². The second-order valence-corrected chi connectivity index (χ2v) is 6.11. The van der Waals surface area contributed by atoms with Crippen LogP contribution >= 0.6 is 11.6 Å². The predicted octanol–water partition coefficient (Wildman–Crippen LogP) is 3.38. The molecule has 0 fully saturated rings. The van der Waals surface area contributed by atoms with E-state index in [0.29, 0.717) is 36.0 Å². The van der Waals surface area contributed by atoms with Crippen LogP contribution in [0.4, 0.5) is 5.69 Å². The first kappa shape index (κ1) is 18.8. The summed E-state index contributed by atoms with van der Waals surface area (Å²) in [4.78, 5) is 24.9. The standard InChI is InChI=1S/C19H21ClN2O3/c1-14(23)21-17-8-6-15(7-9-17)12-19(24)22(2)10-11-25-18-5-3-4-16(20)13-18/h3-9,13H,10-12H2,1-2H3,(H,21,23). The van der Waals surface area contributed by atoms with Crippen molar-refractivity contribution in [3.8, 4) is 5.75 Å². The molecule has 0 aliphatic rings. The van der Waals surface area contributed by atoms with E-state index in [1.54, 1.807) is 36.2 Å². The van der Waals surface area contributed by atoms with Gasteiger partial charge in [-0.1, -0.05) is 29.8 Å². The van der Waals surface area contributed by atoms with E-state index in [0.717, 1.165) is 5.56 Å². The summed E-state index contributed by atoms with van der Waals surface area (Å²) in [5.74, 6) is 0.562. The van der Waals surface area contributed by atoms with Crippen LogP contribution in [0.1, 0.15) is 12.5 Å². The van der Waals surface area contributed by atoms with E-state index in [1.165, 1.54) is 6.92 Å². The fraction of sp³-hybridized carbons (Fsp3) is 0.263. The van der Waals surface area contributed by atoms with Gasteiger partial charge in [-0.2, -0.15) is 0 Å². The molecule has 2 aromatic carbocycles. The number of hydrogen-bond donors (Lipinski definition) is 1. The van der Waals surface area contributed by atoms with Gasteiger partial charge in [0.1, 0.15) is 12.4 Å². The summed E-state index contributed by atoms with van der Waals surface area (Å²) in [5.41, 5.74) is 1.61. The maximum absolute atomic E-state index is 12.3. The number of nitrogens with one attached hydrogen (secondary N) is 1. The number of anilines is 1. The Hall–Kier alpha value is -2.53. The van der Waals surface area contributed by atoms with Gasteiger partial charge in [0.15, 0.2) is 0 Å². The van der Waals surface area contributed by atoms with Crippen molar-refractivity contribution >= 4 is 29.1 Å². The molecular weight excluding hydrogens is 340 g/mol. The van der Waals surface area contributed by atoms with Crippen molar-refractivity contribution in [1.29, 1.82) is 0 Å². The van der Waals surface area contributed by atoms with E-state index in [-0.39, 0.29) is 11.8 Å². The topological polar surface area (TPSA) is 58.6 Å². The molecule has 0 heterocycles. The van der Waals surface area contributed by atoms with Crippen molar-refractivity contribution in [3.63, 3.8) is 0 Å². The van der Waals surface area contributed by atoms with Gasteiger partial charge in [-0.25, -0.2) is 0 Å². The third kappa shape index (κ3) is 6.47. The molecule has 0 unspecified atom stereocenters. The van der Waals surface area contributed by atoms with Gasteiger partial charge < -0.3 is 15.0 Å². The zero-order chi connectivity index (χ0) is 18.2. The van der Waals surface area contributed by atoms with Gasteiger partial charge in [-0.15, -0.1) is 0 Å². The van der Waals surface area contributed by atoms with Crippen molar-refractivity contribution in [2.45, 2.75) is 13.3 Å². The summed E-state index contributed by atoms with van der Waals surface area (Å²) in [6.07, 6.45) is 0.300. The number of rotatable bonds is 7. The van der Waals surface area contributed by atoms with E-state index in [1.807, 2.05) is 24.3 Å². The molecule has 0 saturated carbocycles. The fourth-order valence-electron chi connectivity index (χ4n) is 2.20. The van der Waals surface area contributed by atoms with Crippen molar-refractivity contribution in [2.75, 3.05) is 25.5 Å². The normalized spacial score (nSPS) is 10.2. The van der Waals surface area contributed by atoms with Gasteiger partial charge in [-0.3, -0.25) is 9.59 Å².